The minimum Gasteiger partial charge on any atom is -0.506 e. The number of methoxy groups -OCH3 is 2. The fourth-order valence-corrected chi connectivity index (χ4v) is 6.22. The van der Waals surface area contributed by atoms with E-state index in [1.54, 1.807) is 13.8 Å². The molecule has 0 amide bonds. The normalized spacial score (nSPS) is 11.6. The van der Waals surface area contributed by atoms with Crippen LogP contribution in [-0.4, -0.2) is 36.4 Å². The molecule has 1 aromatic carbocycles. The average Bonchev–Trinajstić information content (AvgIpc) is 3.21. The van der Waals surface area contributed by atoms with E-state index in [-0.39, 0.29) is 28.0 Å². The summed E-state index contributed by atoms with van der Waals surface area (Å²) in [6.45, 7) is 9.83. The Morgan fingerprint density at radius 1 is 0.818 bits per heavy atom. The number of hydrogen-bond acceptors (Lipinski definition) is 8. The summed E-state index contributed by atoms with van der Waals surface area (Å²) in [5, 5.41) is 22.1. The van der Waals surface area contributed by atoms with Gasteiger partial charge in [-0.25, -0.2) is 9.59 Å². The summed E-state index contributed by atoms with van der Waals surface area (Å²) >= 11 is 2.52. The lowest BCUT2D eigenvalue weighted by Gasteiger charge is -2.21. The summed E-state index contributed by atoms with van der Waals surface area (Å²) in [5.41, 5.74) is 2.11. The SMILES string of the molecule is COC(=O)c1c(C)sc(C(c2ccc(C(C)(C)C)cc2)c2sc(C)c(C(=O)OC)c2O)c1O. The molecule has 3 rings (SSSR count). The predicted molar refractivity (Wildman–Crippen MR) is 130 cm³/mol. The highest BCUT2D eigenvalue weighted by atomic mass is 32.1. The van der Waals surface area contributed by atoms with Crippen LogP contribution in [0.4, 0.5) is 0 Å². The number of carbonyl (C=O) groups excluding carboxylic acids is 2. The molecule has 0 fully saturated rings. The van der Waals surface area contributed by atoms with Gasteiger partial charge in [-0.05, 0) is 30.4 Å². The molecule has 0 saturated heterocycles. The van der Waals surface area contributed by atoms with Crippen LogP contribution in [0.15, 0.2) is 24.3 Å². The zero-order valence-electron chi connectivity index (χ0n) is 19.7. The Hall–Kier alpha value is -2.84. The number of thiophene rings is 2. The van der Waals surface area contributed by atoms with Gasteiger partial charge in [0.15, 0.2) is 0 Å². The highest BCUT2D eigenvalue weighted by molar-refractivity contribution is 7.14. The molecular weight excluding hydrogens is 460 g/mol. The Morgan fingerprint density at radius 2 is 1.21 bits per heavy atom. The van der Waals surface area contributed by atoms with Crippen LogP contribution in [-0.2, 0) is 14.9 Å². The van der Waals surface area contributed by atoms with E-state index in [9.17, 15) is 19.8 Å². The number of hydrogen-bond donors (Lipinski definition) is 2. The van der Waals surface area contributed by atoms with E-state index in [4.69, 9.17) is 9.47 Å². The quantitative estimate of drug-likeness (QED) is 0.435. The second kappa shape index (κ2) is 9.19. The van der Waals surface area contributed by atoms with Crippen LogP contribution in [0, 0.1) is 13.8 Å². The number of benzene rings is 1. The molecule has 2 aromatic heterocycles. The molecule has 3 aromatic rings. The van der Waals surface area contributed by atoms with Crippen molar-refractivity contribution in [1.82, 2.24) is 0 Å². The van der Waals surface area contributed by atoms with Crippen LogP contribution in [0.3, 0.4) is 0 Å². The molecule has 0 bridgehead atoms. The minimum atomic E-state index is -0.629. The third kappa shape index (κ3) is 4.50. The van der Waals surface area contributed by atoms with Crippen molar-refractivity contribution in [2.75, 3.05) is 14.2 Å². The van der Waals surface area contributed by atoms with Crippen molar-refractivity contribution in [1.29, 1.82) is 0 Å². The molecule has 0 atom stereocenters. The number of aryl methyl sites for hydroxylation is 2. The summed E-state index contributed by atoms with van der Waals surface area (Å²) in [6.07, 6.45) is 0. The molecule has 0 radical (unpaired) electrons. The second-order valence-corrected chi connectivity index (χ2v) is 11.3. The van der Waals surface area contributed by atoms with Gasteiger partial charge in [0.25, 0.3) is 0 Å². The van der Waals surface area contributed by atoms with E-state index in [0.29, 0.717) is 19.5 Å². The number of ether oxygens (including phenoxy) is 2. The number of rotatable bonds is 5. The standard InChI is InChI=1S/C25H28O6S2/c1-12-16(23(28)30-6)19(26)21(32-12)18(14-8-10-15(11-9-14)25(3,4)5)22-20(27)17(13(2)33-22)24(29)31-7/h8-11,18,26-27H,1-7H3. The Bertz CT molecular complexity index is 1130. The summed E-state index contributed by atoms with van der Waals surface area (Å²) < 4.78 is 9.70. The van der Waals surface area contributed by atoms with Crippen molar-refractivity contribution in [3.63, 3.8) is 0 Å². The molecule has 2 heterocycles. The molecule has 0 saturated carbocycles. The van der Waals surface area contributed by atoms with Gasteiger partial charge in [0.2, 0.25) is 0 Å². The van der Waals surface area contributed by atoms with E-state index < -0.39 is 17.9 Å². The summed E-state index contributed by atoms with van der Waals surface area (Å²) in [7, 11) is 2.52. The van der Waals surface area contributed by atoms with Gasteiger partial charge in [0.05, 0.1) is 29.9 Å². The van der Waals surface area contributed by atoms with Crippen LogP contribution >= 0.6 is 22.7 Å². The lowest BCUT2D eigenvalue weighted by Crippen LogP contribution is -2.11. The van der Waals surface area contributed by atoms with Crippen molar-refractivity contribution >= 4 is 34.6 Å². The van der Waals surface area contributed by atoms with Gasteiger partial charge < -0.3 is 19.7 Å². The molecule has 6 nitrogen and oxygen atoms in total. The van der Waals surface area contributed by atoms with Gasteiger partial charge in [0, 0.05) is 9.75 Å². The minimum absolute atomic E-state index is 0.0482. The zero-order chi connectivity index (χ0) is 24.7. The molecule has 0 unspecified atom stereocenters. The first-order chi connectivity index (χ1) is 15.4. The van der Waals surface area contributed by atoms with Gasteiger partial charge in [-0.1, -0.05) is 45.0 Å². The largest absolute Gasteiger partial charge is 0.506 e. The Labute approximate surface area is 201 Å². The molecule has 33 heavy (non-hydrogen) atoms. The molecule has 2 N–H and O–H groups in total. The Balaban J connectivity index is 2.28. The first-order valence-corrected chi connectivity index (χ1v) is 12.0. The van der Waals surface area contributed by atoms with Gasteiger partial charge in [0.1, 0.15) is 22.6 Å². The van der Waals surface area contributed by atoms with Crippen molar-refractivity contribution in [3.8, 4) is 11.5 Å². The lowest BCUT2D eigenvalue weighted by molar-refractivity contribution is 0.0588. The van der Waals surface area contributed by atoms with E-state index in [0.717, 1.165) is 11.1 Å². The summed E-state index contributed by atoms with van der Waals surface area (Å²) in [4.78, 5) is 26.8. The van der Waals surface area contributed by atoms with Gasteiger partial charge in [-0.2, -0.15) is 0 Å². The number of aromatic hydroxyl groups is 2. The van der Waals surface area contributed by atoms with Gasteiger partial charge in [-0.3, -0.25) is 0 Å². The zero-order valence-corrected chi connectivity index (χ0v) is 21.4. The van der Waals surface area contributed by atoms with Crippen LogP contribution in [0.2, 0.25) is 0 Å². The maximum absolute atomic E-state index is 12.3. The maximum Gasteiger partial charge on any atom is 0.342 e. The molecule has 0 aliphatic carbocycles. The maximum atomic E-state index is 12.3. The third-order valence-corrected chi connectivity index (χ3v) is 7.90. The first-order valence-electron chi connectivity index (χ1n) is 10.3. The van der Waals surface area contributed by atoms with E-state index >= 15 is 0 Å². The molecule has 8 heteroatoms. The summed E-state index contributed by atoms with van der Waals surface area (Å²) in [6, 6.07) is 7.92. The molecule has 0 spiro atoms. The van der Waals surface area contributed by atoms with Crippen LogP contribution in [0.25, 0.3) is 0 Å². The smallest absolute Gasteiger partial charge is 0.342 e. The fraction of sp³-hybridized carbons (Fsp3) is 0.360. The lowest BCUT2D eigenvalue weighted by atomic mass is 9.85. The highest BCUT2D eigenvalue weighted by Gasteiger charge is 2.34. The van der Waals surface area contributed by atoms with Crippen LogP contribution in [0.5, 0.6) is 11.5 Å². The van der Waals surface area contributed by atoms with Crippen molar-refractivity contribution in [3.05, 3.63) is 66.0 Å². The number of carbonyl (C=O) groups is 2. The average molecular weight is 489 g/mol. The van der Waals surface area contributed by atoms with Gasteiger partial charge >= 0.3 is 11.9 Å². The molecule has 0 aliphatic rings. The van der Waals surface area contributed by atoms with Crippen molar-refractivity contribution in [2.24, 2.45) is 0 Å². The summed E-state index contributed by atoms with van der Waals surface area (Å²) in [5.74, 6) is -2.21. The highest BCUT2D eigenvalue weighted by Crippen LogP contribution is 2.50. The number of esters is 2. The molecule has 176 valence electrons. The third-order valence-electron chi connectivity index (χ3n) is 5.58. The monoisotopic (exact) mass is 488 g/mol. The van der Waals surface area contributed by atoms with E-state index in [2.05, 4.69) is 20.8 Å². The van der Waals surface area contributed by atoms with Crippen LogP contribution in [0.1, 0.15) is 78.0 Å². The van der Waals surface area contributed by atoms with E-state index in [1.165, 1.54) is 36.9 Å². The molecular formula is C25H28O6S2. The molecule has 0 aliphatic heterocycles. The topological polar surface area (TPSA) is 93.1 Å². The van der Waals surface area contributed by atoms with E-state index in [1.807, 2.05) is 24.3 Å². The second-order valence-electron chi connectivity index (χ2n) is 8.78. The predicted octanol–water partition coefficient (Wildman–Crippen LogP) is 5.89. The Kier molecular flexibility index (Phi) is 6.91. The first kappa shape index (κ1) is 24.8. The Morgan fingerprint density at radius 3 is 1.55 bits per heavy atom. The van der Waals surface area contributed by atoms with Crippen molar-refractivity contribution in [2.45, 2.75) is 46.0 Å². The fourth-order valence-electron chi connectivity index (χ4n) is 3.78. The van der Waals surface area contributed by atoms with Gasteiger partial charge in [-0.15, -0.1) is 22.7 Å². The van der Waals surface area contributed by atoms with Crippen LogP contribution < -0.4 is 0 Å². The van der Waals surface area contributed by atoms with Crippen molar-refractivity contribution < 1.29 is 29.3 Å².